The van der Waals surface area contributed by atoms with E-state index in [2.05, 4.69) is 49.7 Å². The summed E-state index contributed by atoms with van der Waals surface area (Å²) in [7, 11) is 0. The Labute approximate surface area is 171 Å². The van der Waals surface area contributed by atoms with E-state index in [-0.39, 0.29) is 5.56 Å². The highest BCUT2D eigenvalue weighted by molar-refractivity contribution is 5.74. The Hall–Kier alpha value is -2.93. The van der Waals surface area contributed by atoms with Crippen molar-refractivity contribution in [3.63, 3.8) is 0 Å². The largest absolute Gasteiger partial charge is 0.367 e. The van der Waals surface area contributed by atoms with E-state index in [1.165, 1.54) is 5.69 Å². The van der Waals surface area contributed by atoms with Gasteiger partial charge in [0.15, 0.2) is 0 Å². The second kappa shape index (κ2) is 8.21. The Kier molecular flexibility index (Phi) is 5.49. The zero-order valence-corrected chi connectivity index (χ0v) is 17.3. The van der Waals surface area contributed by atoms with Gasteiger partial charge >= 0.3 is 0 Å². The molecule has 29 heavy (non-hydrogen) atoms. The summed E-state index contributed by atoms with van der Waals surface area (Å²) in [6, 6.07) is 14.2. The Bertz CT molecular complexity index is 1020. The lowest BCUT2D eigenvalue weighted by Gasteiger charge is -2.39. The van der Waals surface area contributed by atoms with Crippen molar-refractivity contribution in [3.8, 4) is 11.3 Å². The van der Waals surface area contributed by atoms with Gasteiger partial charge in [-0.3, -0.25) is 14.4 Å². The molecular formula is C22H28N6O. The van der Waals surface area contributed by atoms with Crippen LogP contribution in [0.25, 0.3) is 11.3 Å². The minimum Gasteiger partial charge on any atom is -0.367 e. The number of anilines is 1. The summed E-state index contributed by atoms with van der Waals surface area (Å²) in [4.78, 5) is 16.7. The van der Waals surface area contributed by atoms with Crippen LogP contribution in [0.5, 0.6) is 0 Å². The van der Waals surface area contributed by atoms with E-state index in [1.54, 1.807) is 6.07 Å². The molecule has 7 nitrogen and oxygen atoms in total. The van der Waals surface area contributed by atoms with Gasteiger partial charge in [0.2, 0.25) is 0 Å². The molecular weight excluding hydrogens is 364 g/mol. The molecule has 0 saturated carbocycles. The SMILES string of the molecule is Cc1cc(C)n(CC(C)N2CCN(c3cc(=O)[nH]nc3-c3ccccc3)CC2)n1. The van der Waals surface area contributed by atoms with Crippen molar-refractivity contribution >= 4 is 5.69 Å². The van der Waals surface area contributed by atoms with Gasteiger partial charge in [-0.1, -0.05) is 30.3 Å². The molecule has 3 aromatic rings. The molecule has 0 bridgehead atoms. The van der Waals surface area contributed by atoms with Crippen LogP contribution in [0.15, 0.2) is 47.3 Å². The van der Waals surface area contributed by atoms with Crippen LogP contribution in [-0.4, -0.2) is 57.1 Å². The van der Waals surface area contributed by atoms with Gasteiger partial charge in [0.05, 0.1) is 17.9 Å². The number of nitrogens with one attached hydrogen (secondary N) is 1. The highest BCUT2D eigenvalue weighted by atomic mass is 16.1. The highest BCUT2D eigenvalue weighted by Gasteiger charge is 2.24. The lowest BCUT2D eigenvalue weighted by Crippen LogP contribution is -2.51. The summed E-state index contributed by atoms with van der Waals surface area (Å²) >= 11 is 0. The molecule has 1 aliphatic rings. The van der Waals surface area contributed by atoms with E-state index in [4.69, 9.17) is 0 Å². The van der Waals surface area contributed by atoms with Gasteiger partial charge in [-0.2, -0.15) is 10.2 Å². The van der Waals surface area contributed by atoms with E-state index >= 15 is 0 Å². The normalized spacial score (nSPS) is 16.2. The highest BCUT2D eigenvalue weighted by Crippen LogP contribution is 2.28. The van der Waals surface area contributed by atoms with Crippen molar-refractivity contribution < 1.29 is 0 Å². The van der Waals surface area contributed by atoms with Gasteiger partial charge in [0, 0.05) is 49.5 Å². The fraction of sp³-hybridized carbons (Fsp3) is 0.409. The first-order valence-corrected chi connectivity index (χ1v) is 10.2. The van der Waals surface area contributed by atoms with Crippen LogP contribution in [0.1, 0.15) is 18.3 Å². The summed E-state index contributed by atoms with van der Waals surface area (Å²) in [5.74, 6) is 0. The van der Waals surface area contributed by atoms with Crippen molar-refractivity contribution in [2.45, 2.75) is 33.4 Å². The van der Waals surface area contributed by atoms with E-state index < -0.39 is 0 Å². The lowest BCUT2D eigenvalue weighted by molar-refractivity contribution is 0.176. The molecule has 1 fully saturated rings. The summed E-state index contributed by atoms with van der Waals surface area (Å²) in [5, 5.41) is 11.5. The van der Waals surface area contributed by atoms with Crippen LogP contribution in [0.4, 0.5) is 5.69 Å². The summed E-state index contributed by atoms with van der Waals surface area (Å²) in [6.07, 6.45) is 0. The van der Waals surface area contributed by atoms with E-state index in [0.717, 1.165) is 55.4 Å². The number of nitrogens with zero attached hydrogens (tertiary/aromatic N) is 5. The summed E-state index contributed by atoms with van der Waals surface area (Å²) in [6.45, 7) is 10.9. The number of benzene rings is 1. The van der Waals surface area contributed by atoms with Crippen LogP contribution < -0.4 is 10.5 Å². The quantitative estimate of drug-likeness (QED) is 0.722. The molecule has 3 heterocycles. The Morgan fingerprint density at radius 2 is 1.79 bits per heavy atom. The van der Waals surface area contributed by atoms with Crippen LogP contribution in [0, 0.1) is 13.8 Å². The minimum atomic E-state index is -0.167. The van der Waals surface area contributed by atoms with E-state index in [0.29, 0.717) is 6.04 Å². The van der Waals surface area contributed by atoms with Gasteiger partial charge in [0.1, 0.15) is 5.69 Å². The molecule has 2 aromatic heterocycles. The second-order valence-corrected chi connectivity index (χ2v) is 7.81. The van der Waals surface area contributed by atoms with Crippen molar-refractivity contribution in [1.29, 1.82) is 0 Å². The van der Waals surface area contributed by atoms with Crippen molar-refractivity contribution in [2.24, 2.45) is 0 Å². The Morgan fingerprint density at radius 1 is 1.07 bits per heavy atom. The molecule has 4 rings (SSSR count). The fourth-order valence-electron chi connectivity index (χ4n) is 4.07. The molecule has 0 spiro atoms. The monoisotopic (exact) mass is 392 g/mol. The van der Waals surface area contributed by atoms with Gasteiger partial charge < -0.3 is 4.90 Å². The number of piperazine rings is 1. The maximum atomic E-state index is 12.0. The maximum absolute atomic E-state index is 12.0. The first-order valence-electron chi connectivity index (χ1n) is 10.2. The topological polar surface area (TPSA) is 70.0 Å². The molecule has 7 heteroatoms. The fourth-order valence-corrected chi connectivity index (χ4v) is 4.07. The molecule has 0 radical (unpaired) electrons. The zero-order chi connectivity index (χ0) is 20.4. The first kappa shape index (κ1) is 19.4. The molecule has 1 aliphatic heterocycles. The van der Waals surface area contributed by atoms with Crippen molar-refractivity contribution in [1.82, 2.24) is 24.9 Å². The van der Waals surface area contributed by atoms with Gasteiger partial charge in [-0.05, 0) is 26.8 Å². The van der Waals surface area contributed by atoms with Crippen LogP contribution in [-0.2, 0) is 6.54 Å². The van der Waals surface area contributed by atoms with E-state index in [9.17, 15) is 4.79 Å². The molecule has 1 aromatic carbocycles. The third-order valence-electron chi connectivity index (χ3n) is 5.65. The molecule has 1 saturated heterocycles. The summed E-state index contributed by atoms with van der Waals surface area (Å²) < 4.78 is 2.10. The molecule has 1 atom stereocenters. The van der Waals surface area contributed by atoms with Gasteiger partial charge in [0.25, 0.3) is 5.56 Å². The average Bonchev–Trinajstić information content (AvgIpc) is 3.05. The smallest absolute Gasteiger partial charge is 0.266 e. The number of hydrogen-bond donors (Lipinski definition) is 1. The predicted octanol–water partition coefficient (Wildman–Crippen LogP) is 2.46. The van der Waals surface area contributed by atoms with Crippen LogP contribution in [0.3, 0.4) is 0 Å². The Morgan fingerprint density at radius 3 is 2.45 bits per heavy atom. The maximum Gasteiger partial charge on any atom is 0.266 e. The zero-order valence-electron chi connectivity index (χ0n) is 17.3. The number of hydrogen-bond acceptors (Lipinski definition) is 5. The van der Waals surface area contributed by atoms with Crippen molar-refractivity contribution in [3.05, 3.63) is 64.2 Å². The number of aromatic nitrogens is 4. The standard InChI is InChI=1S/C22H28N6O/c1-16-13-17(2)28(25-16)15-18(3)26-9-11-27(12-10-26)20-14-21(29)23-24-22(20)19-7-5-4-6-8-19/h4-8,13-14,18H,9-12,15H2,1-3H3,(H,23,29). The second-order valence-electron chi connectivity index (χ2n) is 7.81. The number of aryl methyl sites for hydroxylation is 2. The van der Waals surface area contributed by atoms with Crippen LogP contribution in [0.2, 0.25) is 0 Å². The Balaban J connectivity index is 1.47. The molecule has 152 valence electrons. The van der Waals surface area contributed by atoms with Gasteiger partial charge in [-0.25, -0.2) is 5.10 Å². The number of rotatable bonds is 5. The summed E-state index contributed by atoms with van der Waals surface area (Å²) in [5.41, 5.74) is 4.85. The average molecular weight is 393 g/mol. The van der Waals surface area contributed by atoms with Gasteiger partial charge in [-0.15, -0.1) is 0 Å². The molecule has 1 unspecified atom stereocenters. The predicted molar refractivity (Wildman–Crippen MR) is 115 cm³/mol. The number of H-pyrrole nitrogens is 1. The molecule has 0 amide bonds. The minimum absolute atomic E-state index is 0.167. The third-order valence-corrected chi connectivity index (χ3v) is 5.65. The van der Waals surface area contributed by atoms with E-state index in [1.807, 2.05) is 37.3 Å². The third kappa shape index (κ3) is 4.24. The lowest BCUT2D eigenvalue weighted by atomic mass is 10.1. The molecule has 0 aliphatic carbocycles. The van der Waals surface area contributed by atoms with Crippen LogP contribution >= 0.6 is 0 Å². The van der Waals surface area contributed by atoms with Crippen molar-refractivity contribution in [2.75, 3.05) is 31.1 Å². The first-order chi connectivity index (χ1) is 14.0. The molecule has 1 N–H and O–H groups in total. The number of aromatic amines is 1.